The summed E-state index contributed by atoms with van der Waals surface area (Å²) in [4.78, 5) is 12.5. The Morgan fingerprint density at radius 2 is 1.66 bits per heavy atom. The first-order valence-electron chi connectivity index (χ1n) is 9.01. The van der Waals surface area contributed by atoms with Crippen molar-refractivity contribution in [1.29, 1.82) is 0 Å². The van der Waals surface area contributed by atoms with Crippen LogP contribution in [0.4, 0.5) is 0 Å². The van der Waals surface area contributed by atoms with Crippen LogP contribution in [0.25, 0.3) is 6.08 Å². The number of rotatable bonds is 8. The summed E-state index contributed by atoms with van der Waals surface area (Å²) in [6.45, 7) is 0.354. The third kappa shape index (κ3) is 5.48. The molecule has 0 bridgehead atoms. The molecule has 0 saturated carbocycles. The first-order valence-corrected chi connectivity index (χ1v) is 9.80. The van der Waals surface area contributed by atoms with E-state index in [1.54, 1.807) is 38.5 Å². The van der Waals surface area contributed by atoms with E-state index in [1.165, 1.54) is 0 Å². The van der Waals surface area contributed by atoms with E-state index in [0.717, 1.165) is 27.1 Å². The van der Waals surface area contributed by atoms with E-state index >= 15 is 0 Å². The van der Waals surface area contributed by atoms with Crippen molar-refractivity contribution in [3.8, 4) is 17.2 Å². The molecular formula is C24H21BrO4. The molecule has 0 aliphatic heterocycles. The van der Waals surface area contributed by atoms with Gasteiger partial charge < -0.3 is 14.2 Å². The fourth-order valence-corrected chi connectivity index (χ4v) is 3.08. The molecule has 5 heteroatoms. The Hall–Kier alpha value is -3.05. The van der Waals surface area contributed by atoms with Crippen molar-refractivity contribution in [1.82, 2.24) is 0 Å². The summed E-state index contributed by atoms with van der Waals surface area (Å²) in [6, 6.07) is 20.5. The predicted octanol–water partition coefficient (Wildman–Crippen LogP) is 5.94. The molecule has 0 amide bonds. The Kier molecular flexibility index (Phi) is 7.09. The monoisotopic (exact) mass is 452 g/mol. The molecule has 3 rings (SSSR count). The Bertz CT molecular complexity index is 1010. The van der Waals surface area contributed by atoms with E-state index in [-0.39, 0.29) is 5.78 Å². The van der Waals surface area contributed by atoms with Crippen LogP contribution in [0, 0.1) is 0 Å². The third-order valence-electron chi connectivity index (χ3n) is 4.31. The van der Waals surface area contributed by atoms with Crippen LogP contribution in [0.2, 0.25) is 0 Å². The molecule has 0 atom stereocenters. The number of benzene rings is 3. The van der Waals surface area contributed by atoms with Crippen LogP contribution >= 0.6 is 15.9 Å². The molecule has 3 aromatic carbocycles. The molecule has 0 aliphatic carbocycles. The number of para-hydroxylation sites is 1. The largest absolute Gasteiger partial charge is 0.496 e. The zero-order valence-corrected chi connectivity index (χ0v) is 17.8. The predicted molar refractivity (Wildman–Crippen MR) is 118 cm³/mol. The van der Waals surface area contributed by atoms with Crippen molar-refractivity contribution in [2.45, 2.75) is 6.61 Å². The first-order chi connectivity index (χ1) is 14.1. The molecule has 0 spiro atoms. The maximum absolute atomic E-state index is 12.5. The summed E-state index contributed by atoms with van der Waals surface area (Å²) in [7, 11) is 3.18. The molecular weight excluding hydrogens is 432 g/mol. The fourth-order valence-electron chi connectivity index (χ4n) is 2.82. The van der Waals surface area contributed by atoms with E-state index in [1.807, 2.05) is 54.6 Å². The third-order valence-corrected chi connectivity index (χ3v) is 4.84. The quantitative estimate of drug-likeness (QED) is 0.313. The first kappa shape index (κ1) is 20.7. The number of carbonyl (C=O) groups excluding carboxylic acids is 1. The molecule has 0 unspecified atom stereocenters. The van der Waals surface area contributed by atoms with Crippen LogP contribution in [-0.2, 0) is 6.61 Å². The number of allylic oxidation sites excluding steroid dienone is 1. The van der Waals surface area contributed by atoms with E-state index in [4.69, 9.17) is 14.2 Å². The Balaban J connectivity index is 1.76. The van der Waals surface area contributed by atoms with E-state index in [0.29, 0.717) is 17.9 Å². The highest BCUT2D eigenvalue weighted by molar-refractivity contribution is 9.10. The van der Waals surface area contributed by atoms with Gasteiger partial charge in [0, 0.05) is 10.0 Å². The molecule has 0 aliphatic rings. The molecule has 3 aromatic rings. The molecule has 148 valence electrons. The average Bonchev–Trinajstić information content (AvgIpc) is 2.77. The highest BCUT2D eigenvalue weighted by Gasteiger charge is 2.09. The van der Waals surface area contributed by atoms with Gasteiger partial charge in [0.2, 0.25) is 0 Å². The molecule has 0 radical (unpaired) electrons. The van der Waals surface area contributed by atoms with Gasteiger partial charge in [-0.2, -0.15) is 0 Å². The minimum absolute atomic E-state index is 0.120. The lowest BCUT2D eigenvalue weighted by Crippen LogP contribution is -2.00. The summed E-state index contributed by atoms with van der Waals surface area (Å²) in [5, 5.41) is 0. The van der Waals surface area contributed by atoms with Crippen LogP contribution < -0.4 is 14.2 Å². The zero-order valence-electron chi connectivity index (χ0n) is 16.2. The second kappa shape index (κ2) is 9.94. The molecule has 0 fully saturated rings. The Morgan fingerprint density at radius 1 is 0.931 bits per heavy atom. The lowest BCUT2D eigenvalue weighted by Gasteiger charge is -2.11. The maximum atomic E-state index is 12.5. The van der Waals surface area contributed by atoms with E-state index in [2.05, 4.69) is 15.9 Å². The van der Waals surface area contributed by atoms with Gasteiger partial charge in [-0.15, -0.1) is 0 Å². The van der Waals surface area contributed by atoms with Crippen LogP contribution in [0.1, 0.15) is 21.5 Å². The lowest BCUT2D eigenvalue weighted by molar-refractivity contribution is 0.104. The summed E-state index contributed by atoms with van der Waals surface area (Å²) in [5.74, 6) is 1.93. The van der Waals surface area contributed by atoms with Crippen molar-refractivity contribution in [3.05, 3.63) is 94.0 Å². The van der Waals surface area contributed by atoms with Crippen LogP contribution in [0.3, 0.4) is 0 Å². The van der Waals surface area contributed by atoms with Gasteiger partial charge in [0.05, 0.1) is 19.8 Å². The lowest BCUT2D eigenvalue weighted by atomic mass is 10.1. The SMILES string of the molecule is COc1ccc(/C=C/C(=O)c2ccccc2OC)cc1COc1ccc(Br)cc1. The van der Waals surface area contributed by atoms with Gasteiger partial charge in [-0.25, -0.2) is 0 Å². The van der Waals surface area contributed by atoms with Crippen molar-refractivity contribution in [2.24, 2.45) is 0 Å². The fraction of sp³-hybridized carbons (Fsp3) is 0.125. The van der Waals surface area contributed by atoms with Crippen molar-refractivity contribution >= 4 is 27.8 Å². The van der Waals surface area contributed by atoms with Crippen molar-refractivity contribution in [2.75, 3.05) is 14.2 Å². The number of ether oxygens (including phenoxy) is 3. The second-order valence-corrected chi connectivity index (χ2v) is 7.13. The van der Waals surface area contributed by atoms with Crippen molar-refractivity contribution < 1.29 is 19.0 Å². The number of carbonyl (C=O) groups is 1. The van der Waals surface area contributed by atoms with Crippen molar-refractivity contribution in [3.63, 3.8) is 0 Å². The van der Waals surface area contributed by atoms with Gasteiger partial charge in [0.25, 0.3) is 0 Å². The smallest absolute Gasteiger partial charge is 0.189 e. The summed E-state index contributed by atoms with van der Waals surface area (Å²) in [5.41, 5.74) is 2.30. The zero-order chi connectivity index (χ0) is 20.6. The van der Waals surface area contributed by atoms with Gasteiger partial charge in [0.15, 0.2) is 5.78 Å². The van der Waals surface area contributed by atoms with Gasteiger partial charge in [0.1, 0.15) is 23.9 Å². The molecule has 4 nitrogen and oxygen atoms in total. The topological polar surface area (TPSA) is 44.8 Å². The number of methoxy groups -OCH3 is 2. The normalized spacial score (nSPS) is 10.7. The summed E-state index contributed by atoms with van der Waals surface area (Å²) < 4.78 is 17.6. The Morgan fingerprint density at radius 3 is 2.38 bits per heavy atom. The van der Waals surface area contributed by atoms with E-state index in [9.17, 15) is 4.79 Å². The minimum atomic E-state index is -0.120. The summed E-state index contributed by atoms with van der Waals surface area (Å²) in [6.07, 6.45) is 3.32. The van der Waals surface area contributed by atoms with Gasteiger partial charge >= 0.3 is 0 Å². The maximum Gasteiger partial charge on any atom is 0.189 e. The molecule has 29 heavy (non-hydrogen) atoms. The van der Waals surface area contributed by atoms with Gasteiger partial charge in [-0.1, -0.05) is 40.2 Å². The van der Waals surface area contributed by atoms with Gasteiger partial charge in [-0.3, -0.25) is 4.79 Å². The highest BCUT2D eigenvalue weighted by Crippen LogP contribution is 2.24. The van der Waals surface area contributed by atoms with E-state index < -0.39 is 0 Å². The average molecular weight is 453 g/mol. The molecule has 0 aromatic heterocycles. The standard InChI is InChI=1S/C24H21BrO4/c1-27-23-14-8-17(7-13-22(26)21-5-3-4-6-24(21)28-2)15-18(23)16-29-20-11-9-19(25)10-12-20/h3-15H,16H2,1-2H3/b13-7+. The molecule has 0 N–H and O–H groups in total. The van der Waals surface area contributed by atoms with Gasteiger partial charge in [-0.05, 0) is 60.2 Å². The minimum Gasteiger partial charge on any atom is -0.496 e. The molecule has 0 saturated heterocycles. The highest BCUT2D eigenvalue weighted by atomic mass is 79.9. The number of halogens is 1. The number of hydrogen-bond donors (Lipinski definition) is 0. The molecule has 0 heterocycles. The second-order valence-electron chi connectivity index (χ2n) is 6.21. The van der Waals surface area contributed by atoms with Crippen LogP contribution in [0.5, 0.6) is 17.2 Å². The number of ketones is 1. The van der Waals surface area contributed by atoms with Crippen LogP contribution in [-0.4, -0.2) is 20.0 Å². The summed E-state index contributed by atoms with van der Waals surface area (Å²) >= 11 is 3.41. The Labute approximate surface area is 178 Å². The number of hydrogen-bond acceptors (Lipinski definition) is 4. The van der Waals surface area contributed by atoms with Crippen LogP contribution in [0.15, 0.2) is 77.3 Å².